The van der Waals surface area contributed by atoms with Crippen molar-refractivity contribution in [3.8, 4) is 0 Å². The highest BCUT2D eigenvalue weighted by atomic mass is 35.5. The second-order valence-corrected chi connectivity index (χ2v) is 7.16. The van der Waals surface area contributed by atoms with Crippen molar-refractivity contribution in [2.75, 3.05) is 32.8 Å². The molecule has 146 valence electrons. The Morgan fingerprint density at radius 1 is 1.38 bits per heavy atom. The van der Waals surface area contributed by atoms with Crippen LogP contribution in [0.1, 0.15) is 37.9 Å². The third-order valence-electron chi connectivity index (χ3n) is 5.37. The van der Waals surface area contributed by atoms with Crippen molar-refractivity contribution in [2.24, 2.45) is 11.8 Å². The van der Waals surface area contributed by atoms with Crippen LogP contribution >= 0.6 is 12.4 Å². The van der Waals surface area contributed by atoms with E-state index in [0.29, 0.717) is 43.5 Å². The Balaban J connectivity index is 0.00000243. The average molecular weight is 389 g/mol. The third kappa shape index (κ3) is 5.15. The maximum atomic E-state index is 13.5. The molecule has 2 heterocycles. The molecular weight excluding hydrogens is 362 g/mol. The number of piperidine rings is 1. The van der Waals surface area contributed by atoms with Gasteiger partial charge in [-0.3, -0.25) is 4.79 Å². The first-order valence-electron chi connectivity index (χ1n) is 9.09. The van der Waals surface area contributed by atoms with Crippen LogP contribution in [-0.2, 0) is 9.53 Å². The maximum Gasteiger partial charge on any atom is 0.223 e. The molecule has 0 radical (unpaired) electrons. The molecule has 2 fully saturated rings. The number of nitrogens with one attached hydrogen (secondary N) is 1. The molecule has 3 atom stereocenters. The van der Waals surface area contributed by atoms with Crippen LogP contribution in [0, 0.1) is 23.5 Å². The highest BCUT2D eigenvalue weighted by Gasteiger charge is 2.29. The molecule has 2 aliphatic rings. The third-order valence-corrected chi connectivity index (χ3v) is 5.37. The van der Waals surface area contributed by atoms with E-state index in [1.165, 1.54) is 18.9 Å². The van der Waals surface area contributed by atoms with Crippen LogP contribution in [0.3, 0.4) is 0 Å². The first-order chi connectivity index (χ1) is 12.0. The van der Waals surface area contributed by atoms with Gasteiger partial charge in [0, 0.05) is 13.0 Å². The minimum atomic E-state index is -0.886. The Kier molecular flexibility index (Phi) is 7.80. The second kappa shape index (κ2) is 9.62. The number of halogens is 3. The van der Waals surface area contributed by atoms with E-state index in [9.17, 15) is 13.6 Å². The van der Waals surface area contributed by atoms with E-state index in [1.54, 1.807) is 4.90 Å². The lowest BCUT2D eigenvalue weighted by Gasteiger charge is -2.35. The molecule has 1 aromatic rings. The van der Waals surface area contributed by atoms with E-state index in [1.807, 2.05) is 0 Å². The monoisotopic (exact) mass is 388 g/mol. The summed E-state index contributed by atoms with van der Waals surface area (Å²) in [5, 5.41) is 3.40. The van der Waals surface area contributed by atoms with Gasteiger partial charge in [0.1, 0.15) is 6.10 Å². The van der Waals surface area contributed by atoms with Gasteiger partial charge < -0.3 is 15.0 Å². The SMILES string of the molecule is CC(CC(=O)N1CCOC(c2ccc(F)c(F)c2)C1)C1CCCNC1.Cl. The van der Waals surface area contributed by atoms with Crippen molar-refractivity contribution in [1.29, 1.82) is 0 Å². The topological polar surface area (TPSA) is 41.6 Å². The molecule has 0 saturated carbocycles. The number of carbonyl (C=O) groups excluding carboxylic acids is 1. The highest BCUT2D eigenvalue weighted by Crippen LogP contribution is 2.27. The Morgan fingerprint density at radius 2 is 2.19 bits per heavy atom. The molecule has 3 rings (SSSR count). The number of benzene rings is 1. The van der Waals surface area contributed by atoms with Gasteiger partial charge in [-0.15, -0.1) is 12.4 Å². The molecule has 0 aliphatic carbocycles. The fraction of sp³-hybridized carbons (Fsp3) is 0.632. The summed E-state index contributed by atoms with van der Waals surface area (Å²) in [6, 6.07) is 3.78. The molecule has 1 amide bonds. The van der Waals surface area contributed by atoms with E-state index < -0.39 is 17.7 Å². The molecule has 1 aromatic carbocycles. The van der Waals surface area contributed by atoms with Crippen molar-refractivity contribution in [2.45, 2.75) is 32.3 Å². The van der Waals surface area contributed by atoms with Crippen molar-refractivity contribution in [1.82, 2.24) is 10.2 Å². The smallest absolute Gasteiger partial charge is 0.223 e. The van der Waals surface area contributed by atoms with Crippen LogP contribution < -0.4 is 5.32 Å². The minimum Gasteiger partial charge on any atom is -0.370 e. The minimum absolute atomic E-state index is 0. The summed E-state index contributed by atoms with van der Waals surface area (Å²) < 4.78 is 32.2. The van der Waals surface area contributed by atoms with Gasteiger partial charge in [0.2, 0.25) is 5.91 Å². The summed E-state index contributed by atoms with van der Waals surface area (Å²) in [5.41, 5.74) is 0.570. The Morgan fingerprint density at radius 3 is 2.88 bits per heavy atom. The van der Waals surface area contributed by atoms with Crippen molar-refractivity contribution in [3.63, 3.8) is 0 Å². The first-order valence-corrected chi connectivity index (χ1v) is 9.09. The van der Waals surface area contributed by atoms with Gasteiger partial charge in [0.15, 0.2) is 11.6 Å². The number of hydrogen-bond acceptors (Lipinski definition) is 3. The van der Waals surface area contributed by atoms with Crippen molar-refractivity contribution in [3.05, 3.63) is 35.4 Å². The number of ether oxygens (including phenoxy) is 1. The molecule has 1 N–H and O–H groups in total. The molecular formula is C19H27ClF2N2O2. The van der Waals surface area contributed by atoms with E-state index >= 15 is 0 Å². The Labute approximate surface area is 159 Å². The van der Waals surface area contributed by atoms with Gasteiger partial charge in [-0.05, 0) is 55.5 Å². The lowest BCUT2D eigenvalue weighted by atomic mass is 9.85. The maximum absolute atomic E-state index is 13.5. The van der Waals surface area contributed by atoms with Crippen molar-refractivity contribution < 1.29 is 18.3 Å². The summed E-state index contributed by atoms with van der Waals surface area (Å²) in [6.07, 6.45) is 2.46. The van der Waals surface area contributed by atoms with E-state index in [-0.39, 0.29) is 18.3 Å². The zero-order valence-electron chi connectivity index (χ0n) is 15.0. The number of rotatable bonds is 4. The van der Waals surface area contributed by atoms with Crippen LogP contribution in [0.15, 0.2) is 18.2 Å². The zero-order chi connectivity index (χ0) is 17.8. The number of hydrogen-bond donors (Lipinski definition) is 1. The normalized spacial score (nSPS) is 24.7. The summed E-state index contributed by atoms with van der Waals surface area (Å²) in [6.45, 7) is 5.54. The molecule has 2 saturated heterocycles. The van der Waals surface area contributed by atoms with Gasteiger partial charge in [-0.2, -0.15) is 0 Å². The van der Waals surface area contributed by atoms with Crippen LogP contribution in [0.25, 0.3) is 0 Å². The first kappa shape index (κ1) is 21.1. The van der Waals surface area contributed by atoms with E-state index in [0.717, 1.165) is 25.2 Å². The van der Waals surface area contributed by atoms with Crippen LogP contribution in [-0.4, -0.2) is 43.6 Å². The van der Waals surface area contributed by atoms with Crippen LogP contribution in [0.4, 0.5) is 8.78 Å². The second-order valence-electron chi connectivity index (χ2n) is 7.16. The summed E-state index contributed by atoms with van der Waals surface area (Å²) >= 11 is 0. The molecule has 7 heteroatoms. The lowest BCUT2D eigenvalue weighted by Crippen LogP contribution is -2.43. The van der Waals surface area contributed by atoms with Crippen LogP contribution in [0.5, 0.6) is 0 Å². The number of nitrogens with zero attached hydrogens (tertiary/aromatic N) is 1. The molecule has 0 spiro atoms. The van der Waals surface area contributed by atoms with Gasteiger partial charge in [0.25, 0.3) is 0 Å². The number of morpholine rings is 1. The molecule has 3 unspecified atom stereocenters. The zero-order valence-corrected chi connectivity index (χ0v) is 15.9. The molecule has 26 heavy (non-hydrogen) atoms. The lowest BCUT2D eigenvalue weighted by molar-refractivity contribution is -0.140. The fourth-order valence-electron chi connectivity index (χ4n) is 3.73. The van der Waals surface area contributed by atoms with Gasteiger partial charge >= 0.3 is 0 Å². The Bertz CT molecular complexity index is 611. The molecule has 0 aromatic heterocycles. The van der Waals surface area contributed by atoms with Crippen LogP contribution in [0.2, 0.25) is 0 Å². The van der Waals surface area contributed by atoms with Crippen molar-refractivity contribution >= 4 is 18.3 Å². The van der Waals surface area contributed by atoms with E-state index in [4.69, 9.17) is 4.74 Å². The quantitative estimate of drug-likeness (QED) is 0.860. The standard InChI is InChI=1S/C19H26F2N2O2.ClH/c1-13(15-3-2-6-22-11-15)9-19(24)23-7-8-25-18(12-23)14-4-5-16(20)17(21)10-14;/h4-5,10,13,15,18,22H,2-3,6-9,11-12H2,1H3;1H. The van der Waals surface area contributed by atoms with Gasteiger partial charge in [-0.25, -0.2) is 8.78 Å². The number of amides is 1. The Hall–Kier alpha value is -1.24. The predicted octanol–water partition coefficient (Wildman–Crippen LogP) is 3.31. The highest BCUT2D eigenvalue weighted by molar-refractivity contribution is 5.85. The van der Waals surface area contributed by atoms with E-state index in [2.05, 4.69) is 12.2 Å². The fourth-order valence-corrected chi connectivity index (χ4v) is 3.73. The summed E-state index contributed by atoms with van der Waals surface area (Å²) in [5.74, 6) is -0.759. The number of carbonyl (C=O) groups is 1. The van der Waals surface area contributed by atoms with Gasteiger partial charge in [-0.1, -0.05) is 13.0 Å². The largest absolute Gasteiger partial charge is 0.370 e. The molecule has 2 aliphatic heterocycles. The summed E-state index contributed by atoms with van der Waals surface area (Å²) in [7, 11) is 0. The summed E-state index contributed by atoms with van der Waals surface area (Å²) in [4.78, 5) is 14.5. The molecule has 4 nitrogen and oxygen atoms in total. The predicted molar refractivity (Wildman–Crippen MR) is 98.3 cm³/mol. The molecule has 0 bridgehead atoms. The van der Waals surface area contributed by atoms with Gasteiger partial charge in [0.05, 0.1) is 13.2 Å². The average Bonchev–Trinajstić information content (AvgIpc) is 2.64.